The van der Waals surface area contributed by atoms with Crippen molar-refractivity contribution in [2.24, 2.45) is 5.92 Å². The maximum absolute atomic E-state index is 5.52. The first kappa shape index (κ1) is 15.8. The second-order valence-electron chi connectivity index (χ2n) is 5.06. The molecule has 3 heteroatoms. The summed E-state index contributed by atoms with van der Waals surface area (Å²) in [6.07, 6.45) is 1.14. The van der Waals surface area contributed by atoms with Crippen molar-refractivity contribution in [3.05, 3.63) is 23.8 Å². The second kappa shape index (κ2) is 8.05. The van der Waals surface area contributed by atoms with Crippen LogP contribution in [0.1, 0.15) is 39.7 Å². The highest BCUT2D eigenvalue weighted by Crippen LogP contribution is 2.28. The molecule has 0 radical (unpaired) electrons. The minimum Gasteiger partial charge on any atom is -0.493 e. The molecule has 0 aliphatic heterocycles. The van der Waals surface area contributed by atoms with E-state index in [0.717, 1.165) is 24.5 Å². The van der Waals surface area contributed by atoms with Gasteiger partial charge in [-0.25, -0.2) is 0 Å². The fourth-order valence-electron chi connectivity index (χ4n) is 2.20. The van der Waals surface area contributed by atoms with Crippen LogP contribution in [0.2, 0.25) is 0 Å². The topological polar surface area (TPSA) is 30.5 Å². The molecule has 0 aromatic heterocycles. The maximum atomic E-state index is 5.52. The lowest BCUT2D eigenvalue weighted by Gasteiger charge is -2.21. The summed E-state index contributed by atoms with van der Waals surface area (Å²) in [5, 5.41) is 3.59. The van der Waals surface area contributed by atoms with E-state index in [-0.39, 0.29) is 0 Å². The van der Waals surface area contributed by atoms with Gasteiger partial charge in [0.05, 0.1) is 13.7 Å². The number of hydrogen-bond donors (Lipinski definition) is 1. The number of ether oxygens (including phenoxy) is 2. The number of benzene rings is 1. The van der Waals surface area contributed by atoms with Crippen LogP contribution in [0.5, 0.6) is 11.5 Å². The normalized spacial score (nSPS) is 12.5. The Hall–Kier alpha value is -1.22. The summed E-state index contributed by atoms with van der Waals surface area (Å²) in [5.41, 5.74) is 1.22. The summed E-state index contributed by atoms with van der Waals surface area (Å²) in [6.45, 7) is 10.2. The van der Waals surface area contributed by atoms with Crippen LogP contribution in [0.3, 0.4) is 0 Å². The molecule has 0 amide bonds. The third-order valence-electron chi connectivity index (χ3n) is 3.34. The Morgan fingerprint density at radius 1 is 1.16 bits per heavy atom. The lowest BCUT2D eigenvalue weighted by molar-refractivity contribution is 0.310. The molecular formula is C16H27NO2. The van der Waals surface area contributed by atoms with Crippen molar-refractivity contribution in [2.75, 3.05) is 13.7 Å². The van der Waals surface area contributed by atoms with Gasteiger partial charge < -0.3 is 14.8 Å². The summed E-state index contributed by atoms with van der Waals surface area (Å²) < 4.78 is 10.9. The second-order valence-corrected chi connectivity index (χ2v) is 5.06. The third kappa shape index (κ3) is 4.75. The molecule has 0 spiro atoms. The van der Waals surface area contributed by atoms with E-state index in [0.29, 0.717) is 18.6 Å². The maximum Gasteiger partial charge on any atom is 0.161 e. The molecule has 19 heavy (non-hydrogen) atoms. The van der Waals surface area contributed by atoms with E-state index in [4.69, 9.17) is 9.47 Å². The van der Waals surface area contributed by atoms with Gasteiger partial charge in [0.2, 0.25) is 0 Å². The molecule has 0 saturated heterocycles. The van der Waals surface area contributed by atoms with Gasteiger partial charge in [-0.1, -0.05) is 26.8 Å². The molecule has 0 fully saturated rings. The molecule has 0 bridgehead atoms. The minimum absolute atomic E-state index is 0.553. The van der Waals surface area contributed by atoms with Gasteiger partial charge in [-0.3, -0.25) is 0 Å². The average Bonchev–Trinajstić information content (AvgIpc) is 2.40. The molecule has 1 rings (SSSR count). The van der Waals surface area contributed by atoms with Crippen molar-refractivity contribution in [3.8, 4) is 11.5 Å². The molecule has 0 saturated carbocycles. The molecule has 1 unspecified atom stereocenters. The van der Waals surface area contributed by atoms with E-state index in [9.17, 15) is 0 Å². The van der Waals surface area contributed by atoms with E-state index in [1.165, 1.54) is 5.56 Å². The first-order chi connectivity index (χ1) is 9.12. The summed E-state index contributed by atoms with van der Waals surface area (Å²) in [7, 11) is 1.68. The Kier molecular flexibility index (Phi) is 6.71. The molecule has 1 aromatic carbocycles. The van der Waals surface area contributed by atoms with Crippen LogP contribution in [0, 0.1) is 5.92 Å². The van der Waals surface area contributed by atoms with Gasteiger partial charge in [0.15, 0.2) is 11.5 Å². The SMILES string of the molecule is CCOc1ccc(CNC(CC)C(C)C)cc1OC. The fraction of sp³-hybridized carbons (Fsp3) is 0.625. The van der Waals surface area contributed by atoms with Crippen LogP contribution >= 0.6 is 0 Å². The van der Waals surface area contributed by atoms with Gasteiger partial charge in [-0.05, 0) is 37.0 Å². The van der Waals surface area contributed by atoms with E-state index in [1.54, 1.807) is 7.11 Å². The Balaban J connectivity index is 2.69. The predicted octanol–water partition coefficient (Wildman–Crippen LogP) is 3.62. The molecule has 1 N–H and O–H groups in total. The van der Waals surface area contributed by atoms with Crippen LogP contribution in [0.15, 0.2) is 18.2 Å². The zero-order valence-corrected chi connectivity index (χ0v) is 12.8. The summed E-state index contributed by atoms with van der Waals surface area (Å²) >= 11 is 0. The standard InChI is InChI=1S/C16H27NO2/c1-6-14(12(3)4)17-11-13-8-9-15(19-7-2)16(10-13)18-5/h8-10,12,14,17H,6-7,11H2,1-5H3. The zero-order valence-electron chi connectivity index (χ0n) is 12.8. The molecular weight excluding hydrogens is 238 g/mol. The predicted molar refractivity (Wildman–Crippen MR) is 79.9 cm³/mol. The minimum atomic E-state index is 0.553. The van der Waals surface area contributed by atoms with Crippen LogP contribution < -0.4 is 14.8 Å². The van der Waals surface area contributed by atoms with E-state index in [2.05, 4.69) is 32.2 Å². The Labute approximate surface area is 117 Å². The quantitative estimate of drug-likeness (QED) is 0.778. The van der Waals surface area contributed by atoms with Crippen molar-refractivity contribution in [1.29, 1.82) is 0 Å². The lowest BCUT2D eigenvalue weighted by Crippen LogP contribution is -2.32. The van der Waals surface area contributed by atoms with Crippen molar-refractivity contribution in [2.45, 2.75) is 46.7 Å². The highest BCUT2D eigenvalue weighted by molar-refractivity contribution is 5.42. The van der Waals surface area contributed by atoms with E-state index < -0.39 is 0 Å². The molecule has 0 aliphatic rings. The zero-order chi connectivity index (χ0) is 14.3. The summed E-state index contributed by atoms with van der Waals surface area (Å²) in [4.78, 5) is 0. The number of rotatable bonds is 8. The van der Waals surface area contributed by atoms with Crippen molar-refractivity contribution in [1.82, 2.24) is 5.32 Å². The lowest BCUT2D eigenvalue weighted by atomic mass is 10.0. The Morgan fingerprint density at radius 3 is 2.42 bits per heavy atom. The molecule has 0 aliphatic carbocycles. The Morgan fingerprint density at radius 2 is 1.89 bits per heavy atom. The molecule has 108 valence electrons. The van der Waals surface area contributed by atoms with Gasteiger partial charge in [0, 0.05) is 12.6 Å². The van der Waals surface area contributed by atoms with Gasteiger partial charge in [0.1, 0.15) is 0 Å². The van der Waals surface area contributed by atoms with Crippen molar-refractivity contribution >= 4 is 0 Å². The van der Waals surface area contributed by atoms with Crippen molar-refractivity contribution < 1.29 is 9.47 Å². The van der Waals surface area contributed by atoms with Gasteiger partial charge in [-0.2, -0.15) is 0 Å². The highest BCUT2D eigenvalue weighted by atomic mass is 16.5. The van der Waals surface area contributed by atoms with Gasteiger partial charge in [0.25, 0.3) is 0 Å². The average molecular weight is 265 g/mol. The first-order valence-corrected chi connectivity index (χ1v) is 7.15. The largest absolute Gasteiger partial charge is 0.493 e. The fourth-order valence-corrected chi connectivity index (χ4v) is 2.20. The smallest absolute Gasteiger partial charge is 0.161 e. The van der Waals surface area contributed by atoms with Crippen LogP contribution in [0.4, 0.5) is 0 Å². The van der Waals surface area contributed by atoms with Crippen LogP contribution in [0.25, 0.3) is 0 Å². The third-order valence-corrected chi connectivity index (χ3v) is 3.34. The van der Waals surface area contributed by atoms with Crippen LogP contribution in [-0.2, 0) is 6.54 Å². The van der Waals surface area contributed by atoms with E-state index in [1.807, 2.05) is 19.1 Å². The number of nitrogens with one attached hydrogen (secondary N) is 1. The monoisotopic (exact) mass is 265 g/mol. The Bertz CT molecular complexity index is 377. The molecule has 0 heterocycles. The molecule has 1 aromatic rings. The summed E-state index contributed by atoms with van der Waals surface area (Å²) in [6, 6.07) is 6.67. The van der Waals surface area contributed by atoms with Crippen LogP contribution in [-0.4, -0.2) is 19.8 Å². The summed E-state index contributed by atoms with van der Waals surface area (Å²) in [5.74, 6) is 2.26. The first-order valence-electron chi connectivity index (χ1n) is 7.15. The number of methoxy groups -OCH3 is 1. The molecule has 3 nitrogen and oxygen atoms in total. The van der Waals surface area contributed by atoms with Crippen molar-refractivity contribution in [3.63, 3.8) is 0 Å². The van der Waals surface area contributed by atoms with Gasteiger partial charge in [-0.15, -0.1) is 0 Å². The van der Waals surface area contributed by atoms with E-state index >= 15 is 0 Å². The number of hydrogen-bond acceptors (Lipinski definition) is 3. The van der Waals surface area contributed by atoms with Gasteiger partial charge >= 0.3 is 0 Å². The highest BCUT2D eigenvalue weighted by Gasteiger charge is 2.11. The molecule has 1 atom stereocenters.